The first-order valence-corrected chi connectivity index (χ1v) is 11.9. The van der Waals surface area contributed by atoms with Crippen molar-refractivity contribution in [3.63, 3.8) is 0 Å². The molecule has 1 aromatic heterocycles. The molecule has 3 aromatic rings. The van der Waals surface area contributed by atoms with Crippen molar-refractivity contribution in [2.24, 2.45) is 0 Å². The van der Waals surface area contributed by atoms with Crippen LogP contribution in [0.2, 0.25) is 0 Å². The van der Waals surface area contributed by atoms with Crippen LogP contribution in [0.25, 0.3) is 10.9 Å². The van der Waals surface area contributed by atoms with E-state index < -0.39 is 16.4 Å². The van der Waals surface area contributed by atoms with Crippen molar-refractivity contribution in [3.05, 3.63) is 52.6 Å². The number of aromatic nitrogens is 1. The molecule has 0 bridgehead atoms. The highest BCUT2D eigenvalue weighted by molar-refractivity contribution is 9.10. The number of alkyl halides is 2. The maximum Gasteiger partial charge on any atom is 0.268 e. The Bertz CT molecular complexity index is 1220. The number of fused-ring (bicyclic) bond motifs is 1. The molecule has 0 radical (unpaired) electrons. The van der Waals surface area contributed by atoms with Crippen molar-refractivity contribution in [2.45, 2.75) is 11.3 Å². The van der Waals surface area contributed by atoms with E-state index in [4.69, 9.17) is 4.74 Å². The number of piperazine rings is 1. The third-order valence-corrected chi connectivity index (χ3v) is 7.71. The molecule has 0 unspecified atom stereocenters. The average Bonchev–Trinajstić information content (AvgIpc) is 3.13. The molecule has 0 atom stereocenters. The van der Waals surface area contributed by atoms with Gasteiger partial charge in [-0.2, -0.15) is 0 Å². The van der Waals surface area contributed by atoms with E-state index in [2.05, 4.69) is 25.7 Å². The Morgan fingerprint density at radius 2 is 1.77 bits per heavy atom. The molecule has 0 amide bonds. The van der Waals surface area contributed by atoms with Gasteiger partial charge in [0.25, 0.3) is 16.4 Å². The number of ether oxygens (including phenoxy) is 1. The van der Waals surface area contributed by atoms with Gasteiger partial charge in [-0.15, -0.1) is 0 Å². The van der Waals surface area contributed by atoms with E-state index >= 15 is 0 Å². The second-order valence-electron chi connectivity index (χ2n) is 7.47. The number of halogens is 3. The first-order chi connectivity index (χ1) is 14.7. The van der Waals surface area contributed by atoms with Crippen LogP contribution in [0.3, 0.4) is 0 Å². The maximum atomic E-state index is 13.6. The molecule has 2 heterocycles. The summed E-state index contributed by atoms with van der Waals surface area (Å²) in [4.78, 5) is 4.29. The Balaban J connectivity index is 1.84. The standard InChI is InChI=1S/C21H22BrF2N3O3S/c1-25-7-9-26(10-8-25)19-12-15(4-6-20(19)30-2)31(28,29)27-13-17(21(23)24)16-11-14(22)3-5-18(16)27/h3-6,11-13,21H,7-10H2,1-2H3. The van der Waals surface area contributed by atoms with Gasteiger partial charge in [-0.1, -0.05) is 15.9 Å². The van der Waals surface area contributed by atoms with Crippen molar-refractivity contribution in [2.75, 3.05) is 45.2 Å². The van der Waals surface area contributed by atoms with Gasteiger partial charge in [0, 0.05) is 47.8 Å². The Labute approximate surface area is 188 Å². The normalized spacial score (nSPS) is 15.7. The minimum Gasteiger partial charge on any atom is -0.495 e. The molecule has 0 spiro atoms. The molecular weight excluding hydrogens is 492 g/mol. The maximum absolute atomic E-state index is 13.6. The number of likely N-dealkylation sites (N-methyl/N-ethyl adjacent to an activating group) is 1. The SMILES string of the molecule is COc1ccc(S(=O)(=O)n2cc(C(F)F)c3cc(Br)ccc32)cc1N1CCN(C)CC1. The third-order valence-electron chi connectivity index (χ3n) is 5.55. The van der Waals surface area contributed by atoms with Gasteiger partial charge in [-0.3, -0.25) is 0 Å². The highest BCUT2D eigenvalue weighted by atomic mass is 79.9. The summed E-state index contributed by atoms with van der Waals surface area (Å²) >= 11 is 3.27. The summed E-state index contributed by atoms with van der Waals surface area (Å²) in [6.07, 6.45) is -1.79. The van der Waals surface area contributed by atoms with E-state index in [-0.39, 0.29) is 21.4 Å². The Kier molecular flexibility index (Phi) is 5.97. The number of anilines is 1. The zero-order chi connectivity index (χ0) is 22.3. The molecule has 4 rings (SSSR count). The van der Waals surface area contributed by atoms with Crippen LogP contribution < -0.4 is 9.64 Å². The molecule has 1 saturated heterocycles. The van der Waals surface area contributed by atoms with Gasteiger partial charge in [-0.25, -0.2) is 21.2 Å². The van der Waals surface area contributed by atoms with Crippen LogP contribution in [-0.4, -0.2) is 57.6 Å². The van der Waals surface area contributed by atoms with Gasteiger partial charge in [0.1, 0.15) is 5.75 Å². The predicted octanol–water partition coefficient (Wildman–Crippen LogP) is 4.34. The van der Waals surface area contributed by atoms with Crippen LogP contribution in [0.5, 0.6) is 5.75 Å². The summed E-state index contributed by atoms with van der Waals surface area (Å²) in [6, 6.07) is 9.27. The highest BCUT2D eigenvalue weighted by Crippen LogP contribution is 2.36. The van der Waals surface area contributed by atoms with Crippen molar-refractivity contribution >= 4 is 42.5 Å². The van der Waals surface area contributed by atoms with Gasteiger partial charge in [-0.05, 0) is 43.4 Å². The van der Waals surface area contributed by atoms with Gasteiger partial charge < -0.3 is 14.5 Å². The molecule has 1 fully saturated rings. The zero-order valence-electron chi connectivity index (χ0n) is 17.1. The Morgan fingerprint density at radius 3 is 2.42 bits per heavy atom. The van der Waals surface area contributed by atoms with E-state index in [1.807, 2.05) is 7.05 Å². The summed E-state index contributed by atoms with van der Waals surface area (Å²) in [7, 11) is -0.542. The fourth-order valence-electron chi connectivity index (χ4n) is 3.81. The monoisotopic (exact) mass is 513 g/mol. The molecule has 6 nitrogen and oxygen atoms in total. The fourth-order valence-corrected chi connectivity index (χ4v) is 5.57. The molecular formula is C21H22BrF2N3O3S. The van der Waals surface area contributed by atoms with Gasteiger partial charge >= 0.3 is 0 Å². The van der Waals surface area contributed by atoms with Crippen molar-refractivity contribution in [3.8, 4) is 5.75 Å². The van der Waals surface area contributed by atoms with Gasteiger partial charge in [0.05, 0.1) is 23.2 Å². The van der Waals surface area contributed by atoms with E-state index in [9.17, 15) is 17.2 Å². The first-order valence-electron chi connectivity index (χ1n) is 9.68. The fraction of sp³-hybridized carbons (Fsp3) is 0.333. The molecule has 31 heavy (non-hydrogen) atoms. The molecule has 0 aliphatic carbocycles. The number of benzene rings is 2. The van der Waals surface area contributed by atoms with Gasteiger partial charge in [0.15, 0.2) is 0 Å². The minimum absolute atomic E-state index is 0.0165. The number of nitrogens with zero attached hydrogens (tertiary/aromatic N) is 3. The van der Waals surface area contributed by atoms with Crippen LogP contribution in [0.15, 0.2) is 52.0 Å². The molecule has 2 aromatic carbocycles. The molecule has 10 heteroatoms. The van der Waals surface area contributed by atoms with E-state index in [0.29, 0.717) is 15.9 Å². The smallest absolute Gasteiger partial charge is 0.268 e. The highest BCUT2D eigenvalue weighted by Gasteiger charge is 2.27. The molecule has 1 aliphatic heterocycles. The van der Waals surface area contributed by atoms with Crippen molar-refractivity contribution in [1.82, 2.24) is 8.87 Å². The second kappa shape index (κ2) is 8.40. The largest absolute Gasteiger partial charge is 0.495 e. The third kappa shape index (κ3) is 4.04. The lowest BCUT2D eigenvalue weighted by molar-refractivity contribution is 0.153. The summed E-state index contributed by atoms with van der Waals surface area (Å²) < 4.78 is 61.2. The van der Waals surface area contributed by atoms with Crippen molar-refractivity contribution in [1.29, 1.82) is 0 Å². The molecule has 0 saturated carbocycles. The number of hydrogen-bond acceptors (Lipinski definition) is 5. The Morgan fingerprint density at radius 1 is 1.06 bits per heavy atom. The van der Waals surface area contributed by atoms with Crippen LogP contribution in [0.4, 0.5) is 14.5 Å². The number of rotatable bonds is 5. The van der Waals surface area contributed by atoms with Crippen LogP contribution in [0.1, 0.15) is 12.0 Å². The lowest BCUT2D eigenvalue weighted by atomic mass is 10.2. The lowest BCUT2D eigenvalue weighted by Gasteiger charge is -2.34. The zero-order valence-corrected chi connectivity index (χ0v) is 19.5. The summed E-state index contributed by atoms with van der Waals surface area (Å²) in [5, 5.41) is 0.195. The number of hydrogen-bond donors (Lipinski definition) is 0. The Hall–Kier alpha value is -2.17. The molecule has 1 aliphatic rings. The van der Waals surface area contributed by atoms with Crippen molar-refractivity contribution < 1.29 is 21.9 Å². The topological polar surface area (TPSA) is 54.8 Å². The van der Waals surface area contributed by atoms with E-state index in [1.54, 1.807) is 18.2 Å². The summed E-state index contributed by atoms with van der Waals surface area (Å²) in [6.45, 7) is 3.14. The summed E-state index contributed by atoms with van der Waals surface area (Å²) in [5.74, 6) is 0.568. The van der Waals surface area contributed by atoms with Gasteiger partial charge in [0.2, 0.25) is 0 Å². The van der Waals surface area contributed by atoms with Crippen LogP contribution >= 0.6 is 15.9 Å². The van der Waals surface area contributed by atoms with E-state index in [0.717, 1.165) is 36.3 Å². The van der Waals surface area contributed by atoms with Crippen LogP contribution in [0, 0.1) is 0 Å². The number of methoxy groups -OCH3 is 1. The molecule has 166 valence electrons. The quantitative estimate of drug-likeness (QED) is 0.507. The predicted molar refractivity (Wildman–Crippen MR) is 120 cm³/mol. The van der Waals surface area contributed by atoms with E-state index in [1.165, 1.54) is 25.3 Å². The first kappa shape index (κ1) is 22.0. The molecule has 0 N–H and O–H groups in total. The van der Waals surface area contributed by atoms with Crippen LogP contribution in [-0.2, 0) is 10.0 Å². The summed E-state index contributed by atoms with van der Waals surface area (Å²) in [5.41, 5.74) is 0.549. The lowest BCUT2D eigenvalue weighted by Crippen LogP contribution is -2.44. The second-order valence-corrected chi connectivity index (χ2v) is 10.2. The average molecular weight is 514 g/mol. The minimum atomic E-state index is -4.11.